The molecule has 0 aliphatic heterocycles. The Labute approximate surface area is 85.4 Å². The van der Waals surface area contributed by atoms with Crippen LogP contribution in [0.4, 0.5) is 0 Å². The summed E-state index contributed by atoms with van der Waals surface area (Å²) in [6, 6.07) is 0. The molecule has 0 aliphatic rings. The number of aliphatic hydroxyl groups excluding tert-OH is 1. The summed E-state index contributed by atoms with van der Waals surface area (Å²) in [6.07, 6.45) is 2.53. The van der Waals surface area contributed by atoms with Crippen LogP contribution in [0, 0.1) is 0 Å². The summed E-state index contributed by atoms with van der Waals surface area (Å²) < 4.78 is 1.74. The molecule has 0 aliphatic carbocycles. The van der Waals surface area contributed by atoms with Gasteiger partial charge < -0.3 is 9.67 Å². The first kappa shape index (κ1) is 9.36. The molecule has 0 amide bonds. The lowest BCUT2D eigenvalue weighted by molar-refractivity contribution is 0.175. The Bertz CT molecular complexity index is 454. The van der Waals surface area contributed by atoms with Crippen molar-refractivity contribution in [2.75, 3.05) is 0 Å². The number of rotatable bonds is 2. The maximum Gasteiger partial charge on any atom is 0.164 e. The van der Waals surface area contributed by atoms with Crippen molar-refractivity contribution in [2.45, 2.75) is 19.6 Å². The molecule has 0 saturated heterocycles. The number of nitrogens with zero attached hydrogens (tertiary/aromatic N) is 4. The summed E-state index contributed by atoms with van der Waals surface area (Å²) >= 11 is 5.82. The molecule has 0 saturated carbocycles. The van der Waals surface area contributed by atoms with Crippen LogP contribution in [0.15, 0.2) is 12.7 Å². The zero-order chi connectivity index (χ0) is 10.1. The van der Waals surface area contributed by atoms with Crippen LogP contribution in [-0.2, 0) is 6.54 Å². The summed E-state index contributed by atoms with van der Waals surface area (Å²) in [7, 11) is 0. The van der Waals surface area contributed by atoms with E-state index >= 15 is 0 Å². The van der Waals surface area contributed by atoms with E-state index in [9.17, 15) is 5.11 Å². The minimum Gasteiger partial charge on any atom is -0.392 e. The van der Waals surface area contributed by atoms with Crippen LogP contribution in [0.2, 0.25) is 5.15 Å². The minimum absolute atomic E-state index is 0.333. The quantitative estimate of drug-likeness (QED) is 0.750. The Morgan fingerprint density at radius 3 is 3.00 bits per heavy atom. The Kier molecular flexibility index (Phi) is 2.35. The second kappa shape index (κ2) is 3.51. The smallest absolute Gasteiger partial charge is 0.164 e. The Morgan fingerprint density at radius 1 is 1.50 bits per heavy atom. The van der Waals surface area contributed by atoms with Gasteiger partial charge in [-0.25, -0.2) is 15.0 Å². The van der Waals surface area contributed by atoms with E-state index in [2.05, 4.69) is 15.0 Å². The van der Waals surface area contributed by atoms with E-state index in [1.54, 1.807) is 17.8 Å². The molecule has 2 aromatic heterocycles. The van der Waals surface area contributed by atoms with E-state index in [0.717, 1.165) is 0 Å². The number of hydrogen-bond donors (Lipinski definition) is 1. The van der Waals surface area contributed by atoms with Crippen molar-refractivity contribution in [3.05, 3.63) is 17.8 Å². The van der Waals surface area contributed by atoms with Crippen LogP contribution < -0.4 is 0 Å². The van der Waals surface area contributed by atoms with Gasteiger partial charge >= 0.3 is 0 Å². The van der Waals surface area contributed by atoms with E-state index in [4.69, 9.17) is 11.6 Å². The van der Waals surface area contributed by atoms with Crippen molar-refractivity contribution in [3.63, 3.8) is 0 Å². The fourth-order valence-corrected chi connectivity index (χ4v) is 1.45. The summed E-state index contributed by atoms with van der Waals surface area (Å²) in [4.78, 5) is 11.9. The predicted octanol–water partition coefficient (Wildman–Crippen LogP) is 0.861. The van der Waals surface area contributed by atoms with Gasteiger partial charge in [-0.05, 0) is 6.92 Å². The van der Waals surface area contributed by atoms with E-state index in [0.29, 0.717) is 22.9 Å². The summed E-state index contributed by atoms with van der Waals surface area (Å²) in [5.41, 5.74) is 1.21. The molecule has 5 nitrogen and oxygen atoms in total. The molecule has 0 spiro atoms. The molecule has 6 heteroatoms. The Balaban J connectivity index is 2.52. The molecule has 1 N–H and O–H groups in total. The molecule has 2 heterocycles. The van der Waals surface area contributed by atoms with E-state index < -0.39 is 6.10 Å². The van der Waals surface area contributed by atoms with Gasteiger partial charge in [-0.1, -0.05) is 11.6 Å². The number of imidazole rings is 1. The Morgan fingerprint density at radius 2 is 2.29 bits per heavy atom. The lowest BCUT2D eigenvalue weighted by Gasteiger charge is -2.04. The van der Waals surface area contributed by atoms with Crippen LogP contribution >= 0.6 is 11.6 Å². The topological polar surface area (TPSA) is 63.8 Å². The first-order chi connectivity index (χ1) is 6.68. The molecular formula is C8H9ClN4O. The third-order valence-electron chi connectivity index (χ3n) is 1.82. The number of halogens is 1. The van der Waals surface area contributed by atoms with Crippen molar-refractivity contribution in [2.24, 2.45) is 0 Å². The molecule has 1 unspecified atom stereocenters. The predicted molar refractivity (Wildman–Crippen MR) is 52.0 cm³/mol. The fourth-order valence-electron chi connectivity index (χ4n) is 1.27. The van der Waals surface area contributed by atoms with Gasteiger partial charge in [-0.2, -0.15) is 0 Å². The van der Waals surface area contributed by atoms with Crippen molar-refractivity contribution in [1.29, 1.82) is 0 Å². The molecule has 0 fully saturated rings. The van der Waals surface area contributed by atoms with Crippen molar-refractivity contribution in [3.8, 4) is 0 Å². The highest BCUT2D eigenvalue weighted by Crippen LogP contribution is 2.16. The average Bonchev–Trinajstić information content (AvgIpc) is 2.49. The van der Waals surface area contributed by atoms with Gasteiger partial charge in [0.25, 0.3) is 0 Å². The SMILES string of the molecule is CC(O)Cn1cnc2c(Cl)ncnc21. The molecule has 14 heavy (non-hydrogen) atoms. The maximum atomic E-state index is 9.23. The maximum absolute atomic E-state index is 9.23. The number of aliphatic hydroxyl groups is 1. The molecule has 2 aromatic rings. The van der Waals surface area contributed by atoms with Crippen LogP contribution in [0.5, 0.6) is 0 Å². The van der Waals surface area contributed by atoms with Gasteiger partial charge in [-0.15, -0.1) is 0 Å². The van der Waals surface area contributed by atoms with Gasteiger partial charge in [-0.3, -0.25) is 0 Å². The Hall–Kier alpha value is -1.20. The standard InChI is InChI=1S/C8H9ClN4O/c1-5(14)2-13-4-12-6-7(9)10-3-11-8(6)13/h3-5,14H,2H2,1H3. The monoisotopic (exact) mass is 212 g/mol. The molecule has 0 aromatic carbocycles. The number of fused-ring (bicyclic) bond motifs is 1. The van der Waals surface area contributed by atoms with Gasteiger partial charge in [0.15, 0.2) is 10.8 Å². The first-order valence-corrected chi connectivity index (χ1v) is 4.55. The average molecular weight is 213 g/mol. The normalized spacial score (nSPS) is 13.4. The van der Waals surface area contributed by atoms with Gasteiger partial charge in [0.05, 0.1) is 19.0 Å². The van der Waals surface area contributed by atoms with Crippen LogP contribution in [0.3, 0.4) is 0 Å². The number of hydrogen-bond acceptors (Lipinski definition) is 4. The minimum atomic E-state index is -0.443. The van der Waals surface area contributed by atoms with Crippen molar-refractivity contribution in [1.82, 2.24) is 19.5 Å². The first-order valence-electron chi connectivity index (χ1n) is 4.18. The van der Waals surface area contributed by atoms with Crippen LogP contribution in [0.25, 0.3) is 11.2 Å². The molecule has 1 atom stereocenters. The largest absolute Gasteiger partial charge is 0.392 e. The summed E-state index contributed by atoms with van der Waals surface area (Å²) in [5.74, 6) is 0. The summed E-state index contributed by atoms with van der Waals surface area (Å²) in [5, 5.41) is 9.56. The van der Waals surface area contributed by atoms with Crippen LogP contribution in [-0.4, -0.2) is 30.7 Å². The third-order valence-corrected chi connectivity index (χ3v) is 2.09. The van der Waals surface area contributed by atoms with Gasteiger partial charge in [0, 0.05) is 0 Å². The highest BCUT2D eigenvalue weighted by atomic mass is 35.5. The lowest BCUT2D eigenvalue weighted by Crippen LogP contribution is -2.11. The third kappa shape index (κ3) is 1.56. The zero-order valence-corrected chi connectivity index (χ0v) is 8.31. The molecule has 74 valence electrons. The molecule has 0 bridgehead atoms. The molecular weight excluding hydrogens is 204 g/mol. The zero-order valence-electron chi connectivity index (χ0n) is 7.55. The molecule has 0 radical (unpaired) electrons. The van der Waals surface area contributed by atoms with Crippen molar-refractivity contribution >= 4 is 22.8 Å². The van der Waals surface area contributed by atoms with E-state index in [1.165, 1.54) is 6.33 Å². The summed E-state index contributed by atoms with van der Waals surface area (Å²) in [6.45, 7) is 2.15. The van der Waals surface area contributed by atoms with Gasteiger partial charge in [0.2, 0.25) is 0 Å². The highest BCUT2D eigenvalue weighted by Gasteiger charge is 2.09. The molecule has 2 rings (SSSR count). The number of aromatic nitrogens is 4. The second-order valence-electron chi connectivity index (χ2n) is 3.08. The highest BCUT2D eigenvalue weighted by molar-refractivity contribution is 6.33. The van der Waals surface area contributed by atoms with E-state index in [-0.39, 0.29) is 0 Å². The fraction of sp³-hybridized carbons (Fsp3) is 0.375. The lowest BCUT2D eigenvalue weighted by atomic mass is 10.4. The van der Waals surface area contributed by atoms with Crippen molar-refractivity contribution < 1.29 is 5.11 Å². The second-order valence-corrected chi connectivity index (χ2v) is 3.44. The van der Waals surface area contributed by atoms with Gasteiger partial charge in [0.1, 0.15) is 11.8 Å². The van der Waals surface area contributed by atoms with E-state index in [1.807, 2.05) is 0 Å². The van der Waals surface area contributed by atoms with Crippen LogP contribution in [0.1, 0.15) is 6.92 Å².